The van der Waals surface area contributed by atoms with Gasteiger partial charge in [0.1, 0.15) is 11.9 Å². The average Bonchev–Trinajstić information content (AvgIpc) is 3.50. The molecule has 0 saturated heterocycles. The molecule has 1 N–H and O–H groups in total. The molecule has 38 heavy (non-hydrogen) atoms. The number of rotatable bonds is 6. The summed E-state index contributed by atoms with van der Waals surface area (Å²) >= 11 is 0. The van der Waals surface area contributed by atoms with Gasteiger partial charge in [-0.1, -0.05) is 12.1 Å². The van der Waals surface area contributed by atoms with Gasteiger partial charge in [-0.15, -0.1) is 0 Å². The highest BCUT2D eigenvalue weighted by Gasteiger charge is 2.48. The minimum absolute atomic E-state index is 0.0151. The Hall–Kier alpha value is -4.16. The molecule has 5 rings (SSSR count). The van der Waals surface area contributed by atoms with Crippen molar-refractivity contribution in [3.05, 3.63) is 70.7 Å². The minimum atomic E-state index is -4.65. The second kappa shape index (κ2) is 8.99. The molecule has 13 heteroatoms. The van der Waals surface area contributed by atoms with Gasteiger partial charge in [0.25, 0.3) is 11.5 Å². The van der Waals surface area contributed by atoms with E-state index in [1.54, 1.807) is 10.9 Å². The Morgan fingerprint density at radius 3 is 2.50 bits per heavy atom. The van der Waals surface area contributed by atoms with E-state index >= 15 is 4.39 Å². The predicted octanol–water partition coefficient (Wildman–Crippen LogP) is 4.31. The van der Waals surface area contributed by atoms with Crippen molar-refractivity contribution in [2.75, 3.05) is 0 Å². The van der Waals surface area contributed by atoms with Crippen LogP contribution in [-0.2, 0) is 5.54 Å². The van der Waals surface area contributed by atoms with Gasteiger partial charge in [0.05, 0.1) is 29.0 Å². The smallest absolute Gasteiger partial charge is 0.340 e. The zero-order valence-electron chi connectivity index (χ0n) is 20.6. The first-order valence-corrected chi connectivity index (χ1v) is 11.9. The third kappa shape index (κ3) is 4.41. The van der Waals surface area contributed by atoms with Crippen LogP contribution in [0, 0.1) is 5.82 Å². The minimum Gasteiger partial charge on any atom is -0.340 e. The molecule has 0 unspecified atom stereocenters. The van der Waals surface area contributed by atoms with Crippen molar-refractivity contribution < 1.29 is 22.4 Å². The number of hydrogen-bond donors (Lipinski definition) is 1. The van der Waals surface area contributed by atoms with E-state index in [-0.39, 0.29) is 28.6 Å². The summed E-state index contributed by atoms with van der Waals surface area (Å²) in [4.78, 5) is 37.9. The van der Waals surface area contributed by atoms with Gasteiger partial charge in [-0.2, -0.15) is 18.3 Å². The number of fused-ring (bicyclic) bond motifs is 1. The summed E-state index contributed by atoms with van der Waals surface area (Å²) in [6, 6.07) is 1.82. The molecular weight excluding hydrogens is 506 g/mol. The highest BCUT2D eigenvalue weighted by atomic mass is 19.4. The van der Waals surface area contributed by atoms with Gasteiger partial charge >= 0.3 is 6.18 Å². The Morgan fingerprint density at radius 1 is 1.13 bits per heavy atom. The van der Waals surface area contributed by atoms with Gasteiger partial charge in [0, 0.05) is 24.0 Å². The van der Waals surface area contributed by atoms with Crippen molar-refractivity contribution in [1.29, 1.82) is 0 Å². The Balaban J connectivity index is 1.42. The maximum Gasteiger partial charge on any atom is 0.409 e. The number of nitrogens with one attached hydrogen (secondary N) is 1. The first-order valence-electron chi connectivity index (χ1n) is 11.9. The highest BCUT2D eigenvalue weighted by molar-refractivity contribution is 5.93. The van der Waals surface area contributed by atoms with E-state index in [0.29, 0.717) is 28.4 Å². The topological polar surface area (TPSA) is 108 Å². The van der Waals surface area contributed by atoms with Crippen molar-refractivity contribution in [3.8, 4) is 11.1 Å². The van der Waals surface area contributed by atoms with Gasteiger partial charge in [0.2, 0.25) is 5.82 Å². The molecule has 1 aromatic carbocycles. The van der Waals surface area contributed by atoms with E-state index < -0.39 is 35.0 Å². The SMILES string of the molecule is CC(C)n1ncc2cnc(C(=O)NC3(c4ccc(-c5cncn([C@@H](C)C(F)(F)F)c5=O)cc4F)CC3)nc21. The Morgan fingerprint density at radius 2 is 1.87 bits per heavy atom. The molecule has 0 radical (unpaired) electrons. The fourth-order valence-corrected chi connectivity index (χ4v) is 4.31. The molecule has 0 bridgehead atoms. The van der Waals surface area contributed by atoms with E-state index in [9.17, 15) is 22.8 Å². The Bertz CT molecular complexity index is 1610. The quantitative estimate of drug-likeness (QED) is 0.373. The van der Waals surface area contributed by atoms with Gasteiger partial charge in [-0.3, -0.25) is 14.2 Å². The molecule has 1 aliphatic carbocycles. The molecule has 9 nitrogen and oxygen atoms in total. The lowest BCUT2D eigenvalue weighted by atomic mass is 9.99. The lowest BCUT2D eigenvalue weighted by molar-refractivity contribution is -0.163. The molecule has 0 spiro atoms. The molecule has 1 atom stereocenters. The third-order valence-corrected chi connectivity index (χ3v) is 6.68. The Labute approximate surface area is 213 Å². The number of amides is 1. The van der Waals surface area contributed by atoms with Crippen molar-refractivity contribution >= 4 is 16.9 Å². The van der Waals surface area contributed by atoms with E-state index in [0.717, 1.165) is 25.5 Å². The molecule has 3 heterocycles. The normalized spacial score (nSPS) is 15.6. The second-order valence-corrected chi connectivity index (χ2v) is 9.62. The summed E-state index contributed by atoms with van der Waals surface area (Å²) in [6.07, 6.45) is 1.28. The summed E-state index contributed by atoms with van der Waals surface area (Å²) < 4.78 is 56.9. The van der Waals surface area contributed by atoms with E-state index in [1.807, 2.05) is 13.8 Å². The van der Waals surface area contributed by atoms with Crippen LogP contribution in [0.5, 0.6) is 0 Å². The van der Waals surface area contributed by atoms with E-state index in [4.69, 9.17) is 0 Å². The molecule has 1 saturated carbocycles. The van der Waals surface area contributed by atoms with Crippen LogP contribution >= 0.6 is 0 Å². The number of nitrogens with zero attached hydrogens (tertiary/aromatic N) is 6. The number of hydrogen-bond acceptors (Lipinski definition) is 6. The maximum atomic E-state index is 15.3. The van der Waals surface area contributed by atoms with Crippen LogP contribution in [0.1, 0.15) is 61.9 Å². The zero-order chi connectivity index (χ0) is 27.4. The number of halogens is 4. The van der Waals surface area contributed by atoms with Crippen LogP contribution in [0.3, 0.4) is 0 Å². The van der Waals surface area contributed by atoms with Crippen LogP contribution in [0.15, 0.2) is 47.9 Å². The van der Waals surface area contributed by atoms with Gasteiger partial charge in [-0.05, 0) is 45.2 Å². The molecule has 4 aromatic rings. The van der Waals surface area contributed by atoms with Crippen LogP contribution in [0.4, 0.5) is 17.6 Å². The standard InChI is InChI=1S/C25H23F4N7O2/c1-13(2)36-21-16(10-32-36)9-31-20(33-21)22(37)34-24(6-7-24)18-5-4-15(8-19(18)26)17-11-30-12-35(23(17)38)14(3)25(27,28)29/h4-5,8-14H,6-7H2,1-3H3,(H,34,37)/t14-/m0/s1. The van der Waals surface area contributed by atoms with Crippen molar-refractivity contribution in [2.24, 2.45) is 0 Å². The first kappa shape index (κ1) is 25.5. The first-order chi connectivity index (χ1) is 17.9. The molecule has 0 aliphatic heterocycles. The molecular formula is C25H23F4N7O2. The number of alkyl halides is 3. The largest absolute Gasteiger partial charge is 0.409 e. The van der Waals surface area contributed by atoms with Crippen LogP contribution in [-0.4, -0.2) is 41.4 Å². The monoisotopic (exact) mass is 529 g/mol. The number of aromatic nitrogens is 6. The maximum absolute atomic E-state index is 15.3. The zero-order valence-corrected chi connectivity index (χ0v) is 20.6. The molecule has 3 aromatic heterocycles. The number of benzene rings is 1. The van der Waals surface area contributed by atoms with Gasteiger partial charge < -0.3 is 5.32 Å². The summed E-state index contributed by atoms with van der Waals surface area (Å²) in [6.45, 7) is 4.70. The van der Waals surface area contributed by atoms with Crippen molar-refractivity contribution in [3.63, 3.8) is 0 Å². The van der Waals surface area contributed by atoms with Crippen LogP contribution in [0.2, 0.25) is 0 Å². The van der Waals surface area contributed by atoms with Gasteiger partial charge in [-0.25, -0.2) is 24.0 Å². The molecule has 1 aliphatic rings. The number of carbonyl (C=O) groups excluding carboxylic acids is 1. The third-order valence-electron chi connectivity index (χ3n) is 6.68. The Kier molecular flexibility index (Phi) is 6.03. The van der Waals surface area contributed by atoms with E-state index in [1.165, 1.54) is 18.3 Å². The van der Waals surface area contributed by atoms with Crippen LogP contribution < -0.4 is 10.9 Å². The van der Waals surface area contributed by atoms with Gasteiger partial charge in [0.15, 0.2) is 5.65 Å². The summed E-state index contributed by atoms with van der Waals surface area (Å²) in [5.74, 6) is -1.38. The summed E-state index contributed by atoms with van der Waals surface area (Å²) in [5.41, 5.74) is -1.34. The predicted molar refractivity (Wildman–Crippen MR) is 129 cm³/mol. The molecule has 1 amide bonds. The lowest BCUT2D eigenvalue weighted by Crippen LogP contribution is -2.36. The summed E-state index contributed by atoms with van der Waals surface area (Å²) in [7, 11) is 0. The fourth-order valence-electron chi connectivity index (χ4n) is 4.31. The molecule has 198 valence electrons. The average molecular weight is 529 g/mol. The summed E-state index contributed by atoms with van der Waals surface area (Å²) in [5, 5.41) is 7.76. The fraction of sp³-hybridized carbons (Fsp3) is 0.360. The second-order valence-electron chi connectivity index (χ2n) is 9.62. The van der Waals surface area contributed by atoms with Crippen molar-refractivity contribution in [2.45, 2.75) is 57.4 Å². The highest BCUT2D eigenvalue weighted by Crippen LogP contribution is 2.47. The van der Waals surface area contributed by atoms with Crippen molar-refractivity contribution in [1.82, 2.24) is 34.6 Å². The van der Waals surface area contributed by atoms with Crippen LogP contribution in [0.25, 0.3) is 22.2 Å². The lowest BCUT2D eigenvalue weighted by Gasteiger charge is -2.20. The molecule has 1 fully saturated rings. The van der Waals surface area contributed by atoms with E-state index in [2.05, 4.69) is 25.4 Å². The number of carbonyl (C=O) groups is 1.